The molecule has 1 fully saturated rings. The maximum Gasteiger partial charge on any atom is 0.142 e. The van der Waals surface area contributed by atoms with Crippen molar-refractivity contribution in [1.82, 2.24) is 5.32 Å². The Balaban J connectivity index is 1.99. The second kappa shape index (κ2) is 6.00. The van der Waals surface area contributed by atoms with E-state index in [4.69, 9.17) is 16.3 Å². The van der Waals surface area contributed by atoms with Gasteiger partial charge in [0.2, 0.25) is 0 Å². The molecule has 0 amide bonds. The van der Waals surface area contributed by atoms with E-state index >= 15 is 0 Å². The van der Waals surface area contributed by atoms with Gasteiger partial charge in [-0.2, -0.15) is 0 Å². The van der Waals surface area contributed by atoms with E-state index in [1.54, 1.807) is 6.07 Å². The normalized spacial score (nSPS) is 26.1. The Morgan fingerprint density at radius 3 is 2.75 bits per heavy atom. The molecule has 0 radical (unpaired) electrons. The van der Waals surface area contributed by atoms with Crippen LogP contribution in [0, 0.1) is 11.2 Å². The Labute approximate surface area is 125 Å². The first-order chi connectivity index (χ1) is 9.36. The van der Waals surface area contributed by atoms with Gasteiger partial charge in [-0.3, -0.25) is 0 Å². The molecule has 1 N–H and O–H groups in total. The third-order valence-electron chi connectivity index (χ3n) is 4.44. The molecule has 2 nitrogen and oxygen atoms in total. The molecule has 3 unspecified atom stereocenters. The van der Waals surface area contributed by atoms with Crippen LogP contribution in [-0.2, 0) is 4.74 Å². The zero-order valence-electron chi connectivity index (χ0n) is 12.5. The summed E-state index contributed by atoms with van der Waals surface area (Å²) in [5.41, 5.74) is 1.03. The molecule has 0 spiro atoms. The van der Waals surface area contributed by atoms with Gasteiger partial charge >= 0.3 is 0 Å². The largest absolute Gasteiger partial charge is 0.378 e. The van der Waals surface area contributed by atoms with Crippen molar-refractivity contribution in [2.24, 2.45) is 5.41 Å². The molecular formula is C16H23ClFNO. The highest BCUT2D eigenvalue weighted by Crippen LogP contribution is 2.43. The molecule has 2 rings (SSSR count). The predicted molar refractivity (Wildman–Crippen MR) is 80.6 cm³/mol. The molecule has 112 valence electrons. The molecule has 1 aliphatic carbocycles. The summed E-state index contributed by atoms with van der Waals surface area (Å²) in [5.74, 6) is -0.363. The lowest BCUT2D eigenvalue weighted by atomic mass is 9.64. The van der Waals surface area contributed by atoms with Crippen LogP contribution in [0.3, 0.4) is 0 Å². The summed E-state index contributed by atoms with van der Waals surface area (Å²) in [6.45, 7) is 9.24. The zero-order chi connectivity index (χ0) is 14.9. The Kier molecular flexibility index (Phi) is 4.73. The summed E-state index contributed by atoms with van der Waals surface area (Å²) in [6.07, 6.45) is 1.31. The number of halogens is 2. The molecule has 0 aliphatic heterocycles. The van der Waals surface area contributed by atoms with Gasteiger partial charge in [-0.1, -0.05) is 31.5 Å². The van der Waals surface area contributed by atoms with Gasteiger partial charge in [0.05, 0.1) is 11.1 Å². The Morgan fingerprint density at radius 2 is 2.20 bits per heavy atom. The van der Waals surface area contributed by atoms with Gasteiger partial charge in [0.15, 0.2) is 0 Å². The quantitative estimate of drug-likeness (QED) is 0.873. The van der Waals surface area contributed by atoms with Gasteiger partial charge in [-0.25, -0.2) is 4.39 Å². The molecule has 1 saturated carbocycles. The maximum atomic E-state index is 13.5. The molecule has 1 aromatic carbocycles. The van der Waals surface area contributed by atoms with Crippen LogP contribution in [0.2, 0.25) is 5.02 Å². The van der Waals surface area contributed by atoms with E-state index in [2.05, 4.69) is 19.2 Å². The van der Waals surface area contributed by atoms with Crippen molar-refractivity contribution >= 4 is 11.6 Å². The van der Waals surface area contributed by atoms with Gasteiger partial charge in [-0.15, -0.1) is 0 Å². The van der Waals surface area contributed by atoms with Crippen molar-refractivity contribution in [2.45, 2.75) is 52.3 Å². The molecule has 4 heteroatoms. The number of rotatable bonds is 5. The lowest BCUT2D eigenvalue weighted by molar-refractivity contribution is -0.116. The van der Waals surface area contributed by atoms with E-state index in [0.717, 1.165) is 18.6 Å². The van der Waals surface area contributed by atoms with E-state index in [-0.39, 0.29) is 22.3 Å². The van der Waals surface area contributed by atoms with E-state index in [1.807, 2.05) is 19.9 Å². The standard InChI is InChI=1S/C16H23ClFNO/c1-5-20-15-9-14(16(15,3)4)19-10(2)11-6-7-12(17)13(18)8-11/h6-8,10,14-15,19H,5,9H2,1-4H3. The summed E-state index contributed by atoms with van der Waals surface area (Å²) in [6, 6.07) is 5.46. The second-order valence-electron chi connectivity index (χ2n) is 6.12. The average molecular weight is 300 g/mol. The van der Waals surface area contributed by atoms with Crippen LogP contribution in [0.25, 0.3) is 0 Å². The van der Waals surface area contributed by atoms with Crippen LogP contribution in [0.5, 0.6) is 0 Å². The zero-order valence-corrected chi connectivity index (χ0v) is 13.3. The molecule has 0 heterocycles. The number of ether oxygens (including phenoxy) is 1. The van der Waals surface area contributed by atoms with Gasteiger partial charge < -0.3 is 10.1 Å². The minimum atomic E-state index is -0.363. The van der Waals surface area contributed by atoms with Crippen LogP contribution in [-0.4, -0.2) is 18.8 Å². The molecule has 1 aromatic rings. The van der Waals surface area contributed by atoms with Crippen molar-refractivity contribution in [2.75, 3.05) is 6.61 Å². The predicted octanol–water partition coefficient (Wildman–Crippen LogP) is 4.33. The van der Waals surface area contributed by atoms with E-state index in [0.29, 0.717) is 12.1 Å². The maximum absolute atomic E-state index is 13.5. The Bertz CT molecular complexity index is 478. The van der Waals surface area contributed by atoms with Crippen LogP contribution >= 0.6 is 11.6 Å². The van der Waals surface area contributed by atoms with Crippen molar-refractivity contribution in [3.05, 3.63) is 34.6 Å². The lowest BCUT2D eigenvalue weighted by Gasteiger charge is -2.52. The van der Waals surface area contributed by atoms with Crippen LogP contribution in [0.4, 0.5) is 4.39 Å². The van der Waals surface area contributed by atoms with E-state index < -0.39 is 0 Å². The molecular weight excluding hydrogens is 277 g/mol. The van der Waals surface area contributed by atoms with Crippen molar-refractivity contribution in [3.63, 3.8) is 0 Å². The molecule has 0 aromatic heterocycles. The molecule has 3 atom stereocenters. The first-order valence-corrected chi connectivity index (χ1v) is 7.56. The molecule has 20 heavy (non-hydrogen) atoms. The third-order valence-corrected chi connectivity index (χ3v) is 4.75. The Hall–Kier alpha value is -0.640. The molecule has 0 bridgehead atoms. The van der Waals surface area contributed by atoms with E-state index in [9.17, 15) is 4.39 Å². The summed E-state index contributed by atoms with van der Waals surface area (Å²) in [5, 5.41) is 3.74. The van der Waals surface area contributed by atoms with Gasteiger partial charge in [0, 0.05) is 24.1 Å². The first-order valence-electron chi connectivity index (χ1n) is 7.18. The summed E-state index contributed by atoms with van der Waals surface area (Å²) in [7, 11) is 0. The fourth-order valence-corrected chi connectivity index (χ4v) is 2.95. The van der Waals surface area contributed by atoms with E-state index in [1.165, 1.54) is 6.07 Å². The number of hydrogen-bond donors (Lipinski definition) is 1. The summed E-state index contributed by atoms with van der Waals surface area (Å²) < 4.78 is 19.2. The topological polar surface area (TPSA) is 21.3 Å². The minimum absolute atomic E-state index is 0.0913. The molecule has 0 saturated heterocycles. The summed E-state index contributed by atoms with van der Waals surface area (Å²) >= 11 is 5.72. The third kappa shape index (κ3) is 3.00. The van der Waals surface area contributed by atoms with Crippen molar-refractivity contribution in [1.29, 1.82) is 0 Å². The lowest BCUT2D eigenvalue weighted by Crippen LogP contribution is -2.61. The van der Waals surface area contributed by atoms with Crippen molar-refractivity contribution < 1.29 is 9.13 Å². The van der Waals surface area contributed by atoms with Gasteiger partial charge in [0.1, 0.15) is 5.82 Å². The van der Waals surface area contributed by atoms with Gasteiger partial charge in [-0.05, 0) is 38.0 Å². The van der Waals surface area contributed by atoms with Crippen LogP contribution in [0.1, 0.15) is 45.7 Å². The highest BCUT2D eigenvalue weighted by atomic mass is 35.5. The fraction of sp³-hybridized carbons (Fsp3) is 0.625. The smallest absolute Gasteiger partial charge is 0.142 e. The highest BCUT2D eigenvalue weighted by molar-refractivity contribution is 6.30. The average Bonchev–Trinajstić information content (AvgIpc) is 2.40. The SMILES string of the molecule is CCOC1CC(NC(C)c2ccc(Cl)c(F)c2)C1(C)C. The van der Waals surface area contributed by atoms with Gasteiger partial charge in [0.25, 0.3) is 0 Å². The minimum Gasteiger partial charge on any atom is -0.378 e. The Morgan fingerprint density at radius 1 is 1.50 bits per heavy atom. The second-order valence-corrected chi connectivity index (χ2v) is 6.52. The monoisotopic (exact) mass is 299 g/mol. The number of nitrogens with one attached hydrogen (secondary N) is 1. The molecule has 1 aliphatic rings. The first kappa shape index (κ1) is 15.7. The number of hydrogen-bond acceptors (Lipinski definition) is 2. The van der Waals surface area contributed by atoms with Crippen LogP contribution < -0.4 is 5.32 Å². The summed E-state index contributed by atoms with van der Waals surface area (Å²) in [4.78, 5) is 0. The van der Waals surface area contributed by atoms with Crippen molar-refractivity contribution in [3.8, 4) is 0 Å². The van der Waals surface area contributed by atoms with Crippen LogP contribution in [0.15, 0.2) is 18.2 Å². The number of benzene rings is 1. The highest BCUT2D eigenvalue weighted by Gasteiger charge is 2.49. The fourth-order valence-electron chi connectivity index (χ4n) is 2.83.